The van der Waals surface area contributed by atoms with Crippen LogP contribution in [-0.4, -0.2) is 35.1 Å². The maximum atomic E-state index is 12.6. The Kier molecular flexibility index (Phi) is 7.42. The summed E-state index contributed by atoms with van der Waals surface area (Å²) in [6.07, 6.45) is 2.03. The summed E-state index contributed by atoms with van der Waals surface area (Å²) in [5.41, 5.74) is 1.68. The third kappa shape index (κ3) is 5.24. The van der Waals surface area contributed by atoms with Crippen LogP contribution in [0.3, 0.4) is 0 Å². The number of ether oxygens (including phenoxy) is 2. The van der Waals surface area contributed by atoms with E-state index < -0.39 is 15.9 Å². The molecule has 0 heterocycles. The number of aryl methyl sites for hydroxylation is 1. The van der Waals surface area contributed by atoms with E-state index in [0.29, 0.717) is 12.3 Å². The summed E-state index contributed by atoms with van der Waals surface area (Å²) in [6, 6.07) is 9.68. The van der Waals surface area contributed by atoms with Crippen LogP contribution in [0.2, 0.25) is 0 Å². The van der Waals surface area contributed by atoms with Gasteiger partial charge in [0, 0.05) is 11.3 Å². The van der Waals surface area contributed by atoms with E-state index in [-0.39, 0.29) is 16.2 Å². The van der Waals surface area contributed by atoms with E-state index in [4.69, 9.17) is 9.47 Å². The lowest BCUT2D eigenvalue weighted by atomic mass is 10.1. The van der Waals surface area contributed by atoms with Crippen molar-refractivity contribution in [1.82, 2.24) is 4.72 Å². The third-order valence-electron chi connectivity index (χ3n) is 4.20. The Morgan fingerprint density at radius 1 is 1.14 bits per heavy atom. The van der Waals surface area contributed by atoms with E-state index in [1.165, 1.54) is 32.4 Å². The van der Waals surface area contributed by atoms with Crippen molar-refractivity contribution in [1.29, 1.82) is 0 Å². The first kappa shape index (κ1) is 21.7. The number of carbonyl (C=O) groups excluding carboxylic acids is 1. The number of amides is 1. The van der Waals surface area contributed by atoms with Crippen molar-refractivity contribution in [3.05, 3.63) is 47.5 Å². The van der Waals surface area contributed by atoms with Gasteiger partial charge in [0.05, 0.1) is 13.7 Å². The lowest BCUT2D eigenvalue weighted by Crippen LogP contribution is -2.20. The van der Waals surface area contributed by atoms with Crippen molar-refractivity contribution < 1.29 is 22.7 Å². The van der Waals surface area contributed by atoms with Crippen molar-refractivity contribution in [2.24, 2.45) is 0 Å². The molecule has 8 heteroatoms. The van der Waals surface area contributed by atoms with Gasteiger partial charge in [-0.1, -0.05) is 13.3 Å². The lowest BCUT2D eigenvalue weighted by Gasteiger charge is -2.13. The summed E-state index contributed by atoms with van der Waals surface area (Å²) in [5.74, 6) is 0.490. The van der Waals surface area contributed by atoms with E-state index in [9.17, 15) is 13.2 Å². The van der Waals surface area contributed by atoms with Crippen LogP contribution in [0, 0.1) is 6.92 Å². The fourth-order valence-corrected chi connectivity index (χ4v) is 3.45. The second-order valence-electron chi connectivity index (χ2n) is 6.21. The van der Waals surface area contributed by atoms with Crippen LogP contribution in [0.1, 0.15) is 35.7 Å². The number of hydrogen-bond acceptors (Lipinski definition) is 5. The largest absolute Gasteiger partial charge is 0.495 e. The Labute approximate surface area is 166 Å². The molecular formula is C20H26N2O5S. The molecule has 0 aromatic heterocycles. The number of sulfonamides is 1. The van der Waals surface area contributed by atoms with Gasteiger partial charge >= 0.3 is 0 Å². The van der Waals surface area contributed by atoms with E-state index in [2.05, 4.69) is 17.0 Å². The Morgan fingerprint density at radius 2 is 1.89 bits per heavy atom. The maximum absolute atomic E-state index is 12.6. The van der Waals surface area contributed by atoms with Crippen molar-refractivity contribution in [2.75, 3.05) is 26.1 Å². The Morgan fingerprint density at radius 3 is 2.50 bits per heavy atom. The molecule has 0 spiro atoms. The van der Waals surface area contributed by atoms with Crippen LogP contribution in [0.25, 0.3) is 0 Å². The average molecular weight is 407 g/mol. The molecule has 2 rings (SSSR count). The van der Waals surface area contributed by atoms with Crippen molar-refractivity contribution >= 4 is 21.6 Å². The summed E-state index contributed by atoms with van der Waals surface area (Å²) in [5, 5.41) is 2.80. The number of rotatable bonds is 9. The van der Waals surface area contributed by atoms with Crippen LogP contribution >= 0.6 is 0 Å². The van der Waals surface area contributed by atoms with Crippen molar-refractivity contribution in [3.63, 3.8) is 0 Å². The smallest absolute Gasteiger partial charge is 0.255 e. The molecular weight excluding hydrogens is 380 g/mol. The molecule has 0 atom stereocenters. The zero-order chi connectivity index (χ0) is 20.7. The van der Waals surface area contributed by atoms with Gasteiger partial charge in [0.15, 0.2) is 0 Å². The van der Waals surface area contributed by atoms with Gasteiger partial charge in [0.25, 0.3) is 5.91 Å². The number of nitrogens with one attached hydrogen (secondary N) is 2. The molecule has 2 aromatic rings. The van der Waals surface area contributed by atoms with Gasteiger partial charge in [0.2, 0.25) is 10.0 Å². The van der Waals surface area contributed by atoms with E-state index in [1.54, 1.807) is 12.1 Å². The highest BCUT2D eigenvalue weighted by atomic mass is 32.2. The molecule has 28 heavy (non-hydrogen) atoms. The van der Waals surface area contributed by atoms with Gasteiger partial charge in [0.1, 0.15) is 16.4 Å². The van der Waals surface area contributed by atoms with E-state index in [1.807, 2.05) is 13.0 Å². The normalized spacial score (nSPS) is 11.1. The van der Waals surface area contributed by atoms with Crippen molar-refractivity contribution in [3.8, 4) is 11.5 Å². The van der Waals surface area contributed by atoms with E-state index in [0.717, 1.165) is 24.2 Å². The molecule has 7 nitrogen and oxygen atoms in total. The summed E-state index contributed by atoms with van der Waals surface area (Å²) in [4.78, 5) is 12.5. The summed E-state index contributed by atoms with van der Waals surface area (Å²) >= 11 is 0. The molecule has 0 aliphatic heterocycles. The maximum Gasteiger partial charge on any atom is 0.255 e. The lowest BCUT2D eigenvalue weighted by molar-refractivity contribution is 0.102. The highest BCUT2D eigenvalue weighted by Gasteiger charge is 2.20. The number of methoxy groups -OCH3 is 1. The van der Waals surface area contributed by atoms with Crippen LogP contribution in [0.5, 0.6) is 11.5 Å². The van der Waals surface area contributed by atoms with Crippen molar-refractivity contribution in [2.45, 2.75) is 31.6 Å². The molecule has 0 saturated heterocycles. The first-order valence-corrected chi connectivity index (χ1v) is 10.5. The van der Waals surface area contributed by atoms with Crippen LogP contribution < -0.4 is 19.5 Å². The fraction of sp³-hybridized carbons (Fsp3) is 0.350. The summed E-state index contributed by atoms with van der Waals surface area (Å²) in [7, 11) is -1.09. The van der Waals surface area contributed by atoms with Crippen LogP contribution in [0.15, 0.2) is 41.3 Å². The molecule has 0 unspecified atom stereocenters. The Balaban J connectivity index is 2.22. The second kappa shape index (κ2) is 9.57. The zero-order valence-electron chi connectivity index (χ0n) is 16.5. The standard InChI is InChI=1S/C20H26N2O5S/c1-5-6-11-27-16-8-9-17(14(2)12-16)22-20(23)15-7-10-18(26-4)19(13-15)28(24,25)21-3/h7-10,12-13,21H,5-6,11H2,1-4H3,(H,22,23). The molecule has 0 aliphatic rings. The topological polar surface area (TPSA) is 93.7 Å². The van der Waals surface area contributed by atoms with Gasteiger partial charge in [-0.05, 0) is 62.4 Å². The molecule has 1 amide bonds. The SMILES string of the molecule is CCCCOc1ccc(NC(=O)c2ccc(OC)c(S(=O)(=O)NC)c2)c(C)c1. The first-order chi connectivity index (χ1) is 13.3. The minimum atomic E-state index is -3.77. The molecule has 2 aromatic carbocycles. The third-order valence-corrected chi connectivity index (χ3v) is 5.63. The molecule has 0 radical (unpaired) electrons. The number of hydrogen-bond donors (Lipinski definition) is 2. The van der Waals surface area contributed by atoms with Gasteiger partial charge in [-0.2, -0.15) is 0 Å². The zero-order valence-corrected chi connectivity index (χ0v) is 17.4. The van der Waals surface area contributed by atoms with E-state index >= 15 is 0 Å². The number of unbranched alkanes of at least 4 members (excludes halogenated alkanes) is 1. The molecule has 0 fully saturated rings. The minimum absolute atomic E-state index is 0.0958. The monoisotopic (exact) mass is 406 g/mol. The predicted molar refractivity (Wildman–Crippen MR) is 109 cm³/mol. The van der Waals surface area contributed by atoms with Gasteiger partial charge in [-0.3, -0.25) is 4.79 Å². The Hall–Kier alpha value is -2.58. The fourth-order valence-electron chi connectivity index (χ4n) is 2.53. The molecule has 0 aliphatic carbocycles. The predicted octanol–water partition coefficient (Wildman–Crippen LogP) is 3.34. The van der Waals surface area contributed by atoms with Gasteiger partial charge in [-0.25, -0.2) is 13.1 Å². The summed E-state index contributed by atoms with van der Waals surface area (Å²) < 4.78 is 37.3. The van der Waals surface area contributed by atoms with Crippen LogP contribution in [-0.2, 0) is 10.0 Å². The summed E-state index contributed by atoms with van der Waals surface area (Å²) in [6.45, 7) is 4.61. The molecule has 152 valence electrons. The molecule has 0 saturated carbocycles. The number of benzene rings is 2. The quantitative estimate of drug-likeness (QED) is 0.623. The number of carbonyl (C=O) groups is 1. The van der Waals surface area contributed by atoms with Gasteiger partial charge < -0.3 is 14.8 Å². The molecule has 0 bridgehead atoms. The Bertz CT molecular complexity index is 942. The highest BCUT2D eigenvalue weighted by Crippen LogP contribution is 2.26. The number of anilines is 1. The first-order valence-electron chi connectivity index (χ1n) is 8.98. The van der Waals surface area contributed by atoms with Gasteiger partial charge in [-0.15, -0.1) is 0 Å². The second-order valence-corrected chi connectivity index (χ2v) is 8.06. The average Bonchev–Trinajstić information content (AvgIpc) is 2.69. The highest BCUT2D eigenvalue weighted by molar-refractivity contribution is 7.89. The van der Waals surface area contributed by atoms with Crippen LogP contribution in [0.4, 0.5) is 5.69 Å². The minimum Gasteiger partial charge on any atom is -0.495 e. The molecule has 2 N–H and O–H groups in total.